The molecule has 1 aliphatic rings. The van der Waals surface area contributed by atoms with Crippen LogP contribution in [0.4, 0.5) is 5.69 Å². The van der Waals surface area contributed by atoms with E-state index in [1.807, 2.05) is 6.07 Å². The number of hydrogen-bond acceptors (Lipinski definition) is 4. The zero-order valence-electron chi connectivity index (χ0n) is 10.8. The molecule has 5 nitrogen and oxygen atoms in total. The maximum Gasteiger partial charge on any atom is 0.354 e. The molecular weight excluding hydrogens is 230 g/mol. The van der Waals surface area contributed by atoms with E-state index in [1.54, 1.807) is 12.3 Å². The number of aromatic nitrogens is 1. The van der Waals surface area contributed by atoms with Crippen molar-refractivity contribution in [2.45, 2.75) is 18.9 Å². The first-order valence-corrected chi connectivity index (χ1v) is 6.18. The summed E-state index contributed by atoms with van der Waals surface area (Å²) in [7, 11) is 4.12. The molecule has 1 aliphatic heterocycles. The summed E-state index contributed by atoms with van der Waals surface area (Å²) in [6.07, 6.45) is 3.88. The third-order valence-electron chi connectivity index (χ3n) is 3.25. The number of carboxylic acids is 1. The Bertz CT molecular complexity index is 434. The van der Waals surface area contributed by atoms with Gasteiger partial charge >= 0.3 is 5.97 Å². The Balaban J connectivity index is 2.19. The minimum Gasteiger partial charge on any atom is -0.477 e. The van der Waals surface area contributed by atoms with Gasteiger partial charge in [0.15, 0.2) is 0 Å². The highest BCUT2D eigenvalue weighted by atomic mass is 16.4. The second-order valence-electron chi connectivity index (χ2n) is 4.96. The lowest BCUT2D eigenvalue weighted by molar-refractivity contribution is 0.0690. The van der Waals surface area contributed by atoms with Crippen molar-refractivity contribution in [2.75, 3.05) is 32.1 Å². The van der Waals surface area contributed by atoms with Gasteiger partial charge in [0.25, 0.3) is 0 Å². The maximum absolute atomic E-state index is 10.9. The molecule has 0 aliphatic carbocycles. The topological polar surface area (TPSA) is 56.7 Å². The largest absolute Gasteiger partial charge is 0.477 e. The number of likely N-dealkylation sites (N-methyl/N-ethyl adjacent to an activating group) is 1. The Morgan fingerprint density at radius 1 is 1.61 bits per heavy atom. The Morgan fingerprint density at radius 3 is 3.06 bits per heavy atom. The van der Waals surface area contributed by atoms with Gasteiger partial charge in [-0.1, -0.05) is 0 Å². The highest BCUT2D eigenvalue weighted by Gasteiger charge is 2.25. The molecule has 1 atom stereocenters. The first-order valence-electron chi connectivity index (χ1n) is 6.18. The molecule has 1 aromatic heterocycles. The van der Waals surface area contributed by atoms with Gasteiger partial charge in [0.2, 0.25) is 0 Å². The molecule has 1 aromatic rings. The van der Waals surface area contributed by atoms with Crippen LogP contribution in [0.15, 0.2) is 18.3 Å². The van der Waals surface area contributed by atoms with Crippen LogP contribution >= 0.6 is 0 Å². The second kappa shape index (κ2) is 5.35. The predicted molar refractivity (Wildman–Crippen MR) is 70.1 cm³/mol. The Hall–Kier alpha value is -1.62. The lowest BCUT2D eigenvalue weighted by Gasteiger charge is -2.29. The van der Waals surface area contributed by atoms with Crippen molar-refractivity contribution >= 4 is 11.7 Å². The molecule has 98 valence electrons. The second-order valence-corrected chi connectivity index (χ2v) is 4.96. The normalized spacial score (nSPS) is 19.5. The molecule has 0 bridgehead atoms. The molecule has 0 spiro atoms. The molecule has 0 aromatic carbocycles. The number of carbonyl (C=O) groups is 1. The van der Waals surface area contributed by atoms with Crippen molar-refractivity contribution in [3.63, 3.8) is 0 Å². The van der Waals surface area contributed by atoms with E-state index in [1.165, 1.54) is 0 Å². The van der Waals surface area contributed by atoms with E-state index in [4.69, 9.17) is 5.11 Å². The standard InChI is InChI=1S/C13H19N3O2/c1-15(2)9-11-4-3-7-16(11)10-5-6-14-12(8-10)13(17)18/h5-6,8,11H,3-4,7,9H2,1-2H3,(H,17,18). The first kappa shape index (κ1) is 12.8. The number of anilines is 1. The van der Waals surface area contributed by atoms with Crippen LogP contribution in [0.1, 0.15) is 23.3 Å². The van der Waals surface area contributed by atoms with E-state index < -0.39 is 5.97 Å². The monoisotopic (exact) mass is 249 g/mol. The molecule has 5 heteroatoms. The SMILES string of the molecule is CN(C)CC1CCCN1c1ccnc(C(=O)O)c1. The lowest BCUT2D eigenvalue weighted by atomic mass is 10.2. The van der Waals surface area contributed by atoms with Gasteiger partial charge in [0.05, 0.1) is 0 Å². The van der Waals surface area contributed by atoms with Crippen LogP contribution in [0.3, 0.4) is 0 Å². The highest BCUT2D eigenvalue weighted by molar-refractivity contribution is 5.86. The Morgan fingerprint density at radius 2 is 2.39 bits per heavy atom. The number of carboxylic acid groups (broad SMARTS) is 1. The molecule has 1 saturated heterocycles. The average molecular weight is 249 g/mol. The maximum atomic E-state index is 10.9. The van der Waals surface area contributed by atoms with Gasteiger partial charge in [-0.2, -0.15) is 0 Å². The third kappa shape index (κ3) is 2.79. The van der Waals surface area contributed by atoms with Crippen LogP contribution in [-0.2, 0) is 0 Å². The van der Waals surface area contributed by atoms with E-state index in [-0.39, 0.29) is 5.69 Å². The highest BCUT2D eigenvalue weighted by Crippen LogP contribution is 2.25. The predicted octanol–water partition coefficient (Wildman–Crippen LogP) is 1.31. The molecule has 0 saturated carbocycles. The smallest absolute Gasteiger partial charge is 0.354 e. The summed E-state index contributed by atoms with van der Waals surface area (Å²) < 4.78 is 0. The molecule has 0 radical (unpaired) electrons. The quantitative estimate of drug-likeness (QED) is 0.872. The van der Waals surface area contributed by atoms with E-state index in [9.17, 15) is 4.79 Å². The number of rotatable bonds is 4. The van der Waals surface area contributed by atoms with Gasteiger partial charge in [-0.05, 0) is 39.1 Å². The Kier molecular flexibility index (Phi) is 3.81. The van der Waals surface area contributed by atoms with Crippen LogP contribution < -0.4 is 4.90 Å². The number of nitrogens with zero attached hydrogens (tertiary/aromatic N) is 3. The van der Waals surface area contributed by atoms with Crippen molar-refractivity contribution in [1.29, 1.82) is 0 Å². The molecule has 2 rings (SSSR count). The molecule has 0 amide bonds. The molecule has 18 heavy (non-hydrogen) atoms. The lowest BCUT2D eigenvalue weighted by Crippen LogP contribution is -2.37. The zero-order valence-corrected chi connectivity index (χ0v) is 10.8. The summed E-state index contributed by atoms with van der Waals surface area (Å²) >= 11 is 0. The molecule has 1 N–H and O–H groups in total. The minimum atomic E-state index is -0.972. The molecule has 1 fully saturated rings. The van der Waals surface area contributed by atoms with Crippen molar-refractivity contribution in [2.24, 2.45) is 0 Å². The van der Waals surface area contributed by atoms with Crippen LogP contribution in [0, 0.1) is 0 Å². The van der Waals surface area contributed by atoms with E-state index in [2.05, 4.69) is 28.9 Å². The molecule has 2 heterocycles. The summed E-state index contributed by atoms with van der Waals surface area (Å²) in [5, 5.41) is 8.97. The van der Waals surface area contributed by atoms with Gasteiger partial charge in [-0.25, -0.2) is 9.78 Å². The Labute approximate surface area is 107 Å². The van der Waals surface area contributed by atoms with Crippen molar-refractivity contribution in [3.8, 4) is 0 Å². The summed E-state index contributed by atoms with van der Waals surface area (Å²) in [6, 6.07) is 4.01. The summed E-state index contributed by atoms with van der Waals surface area (Å²) in [6.45, 7) is 1.98. The fraction of sp³-hybridized carbons (Fsp3) is 0.538. The van der Waals surface area contributed by atoms with Gasteiger partial charge in [-0.3, -0.25) is 0 Å². The first-order chi connectivity index (χ1) is 8.58. The third-order valence-corrected chi connectivity index (χ3v) is 3.25. The number of pyridine rings is 1. The summed E-state index contributed by atoms with van der Waals surface area (Å²) in [5.41, 5.74) is 1.08. The van der Waals surface area contributed by atoms with Gasteiger partial charge in [0, 0.05) is 31.0 Å². The number of hydrogen-bond donors (Lipinski definition) is 1. The van der Waals surface area contributed by atoms with Gasteiger partial charge in [0.1, 0.15) is 5.69 Å². The van der Waals surface area contributed by atoms with Crippen molar-refractivity contribution in [3.05, 3.63) is 24.0 Å². The van der Waals surface area contributed by atoms with E-state index in [0.29, 0.717) is 6.04 Å². The molecule has 1 unspecified atom stereocenters. The van der Waals surface area contributed by atoms with Crippen molar-refractivity contribution < 1.29 is 9.90 Å². The van der Waals surface area contributed by atoms with Crippen LogP contribution in [0.5, 0.6) is 0 Å². The van der Waals surface area contributed by atoms with Crippen molar-refractivity contribution in [1.82, 2.24) is 9.88 Å². The zero-order chi connectivity index (χ0) is 13.1. The fourth-order valence-electron chi connectivity index (χ4n) is 2.50. The van der Waals surface area contributed by atoms with Crippen LogP contribution in [-0.4, -0.2) is 54.2 Å². The van der Waals surface area contributed by atoms with Gasteiger partial charge in [-0.15, -0.1) is 0 Å². The van der Waals surface area contributed by atoms with Crippen LogP contribution in [0.25, 0.3) is 0 Å². The number of aromatic carboxylic acids is 1. The van der Waals surface area contributed by atoms with E-state index >= 15 is 0 Å². The fourth-order valence-corrected chi connectivity index (χ4v) is 2.50. The molecular formula is C13H19N3O2. The summed E-state index contributed by atoms with van der Waals surface area (Å²) in [5.74, 6) is -0.972. The summed E-state index contributed by atoms with van der Waals surface area (Å²) in [4.78, 5) is 19.3. The van der Waals surface area contributed by atoms with E-state index in [0.717, 1.165) is 31.6 Å². The average Bonchev–Trinajstić information content (AvgIpc) is 2.76. The minimum absolute atomic E-state index is 0.114. The van der Waals surface area contributed by atoms with Crippen LogP contribution in [0.2, 0.25) is 0 Å². The van der Waals surface area contributed by atoms with Gasteiger partial charge < -0.3 is 14.9 Å².